The molecule has 1 unspecified atom stereocenters. The van der Waals surface area contributed by atoms with Crippen LogP contribution in [0.15, 0.2) is 79.0 Å². The fourth-order valence-electron chi connectivity index (χ4n) is 3.86. The van der Waals surface area contributed by atoms with Crippen LogP contribution in [-0.4, -0.2) is 23.3 Å². The van der Waals surface area contributed by atoms with Crippen LogP contribution in [0.3, 0.4) is 0 Å². The Bertz CT molecular complexity index is 1570. The summed E-state index contributed by atoms with van der Waals surface area (Å²) in [5, 5.41) is 13.1. The molecule has 9 heteroatoms. The number of pyridine rings is 1. The van der Waals surface area contributed by atoms with E-state index >= 15 is 0 Å². The van der Waals surface area contributed by atoms with E-state index in [1.165, 1.54) is 4.31 Å². The van der Waals surface area contributed by atoms with Crippen LogP contribution < -0.4 is 9.62 Å². The summed E-state index contributed by atoms with van der Waals surface area (Å²) in [5.74, 6) is 0.656. The molecule has 0 aliphatic rings. The topological polar surface area (TPSA) is 110 Å². The Kier molecular flexibility index (Phi) is 5.67. The lowest BCUT2D eigenvalue weighted by molar-refractivity contribution is 0.537. The van der Waals surface area contributed by atoms with Crippen LogP contribution in [0.5, 0.6) is 0 Å². The molecular weight excluding hydrogens is 448 g/mol. The van der Waals surface area contributed by atoms with Crippen LogP contribution in [0.2, 0.25) is 0 Å². The Morgan fingerprint density at radius 2 is 1.82 bits per heavy atom. The SMILES string of the molecule is Cn1c(NCc2ccc(C#N)cc2)nc2cc(N(c3ccc4ncccc4c3)S(=O)[O-])ccc21. The summed E-state index contributed by atoms with van der Waals surface area (Å²) in [6.45, 7) is 0.539. The minimum absolute atomic E-state index is 0.487. The summed E-state index contributed by atoms with van der Waals surface area (Å²) in [5.41, 5.74) is 4.96. The predicted molar refractivity (Wildman–Crippen MR) is 132 cm³/mol. The number of anilines is 3. The Morgan fingerprint density at radius 3 is 2.59 bits per heavy atom. The van der Waals surface area contributed by atoms with Crippen LogP contribution in [-0.2, 0) is 24.9 Å². The number of hydrogen-bond donors (Lipinski definition) is 1. The van der Waals surface area contributed by atoms with E-state index in [-0.39, 0.29) is 0 Å². The van der Waals surface area contributed by atoms with Crippen molar-refractivity contribution < 1.29 is 8.76 Å². The molecule has 0 spiro atoms. The van der Waals surface area contributed by atoms with Crippen molar-refractivity contribution in [2.75, 3.05) is 9.62 Å². The van der Waals surface area contributed by atoms with E-state index in [9.17, 15) is 8.76 Å². The Labute approximate surface area is 198 Å². The summed E-state index contributed by atoms with van der Waals surface area (Å²) >= 11 is -2.53. The number of nitrogens with one attached hydrogen (secondary N) is 1. The number of aryl methyl sites for hydroxylation is 1. The van der Waals surface area contributed by atoms with Gasteiger partial charge in [-0.3, -0.25) is 13.5 Å². The molecule has 0 aliphatic carbocycles. The summed E-state index contributed by atoms with van der Waals surface area (Å²) < 4.78 is 27.6. The van der Waals surface area contributed by atoms with Gasteiger partial charge >= 0.3 is 0 Å². The molecule has 5 rings (SSSR count). The van der Waals surface area contributed by atoms with E-state index in [0.717, 1.165) is 22.0 Å². The normalized spacial score (nSPS) is 11.9. The molecule has 2 aromatic heterocycles. The highest BCUT2D eigenvalue weighted by Crippen LogP contribution is 2.32. The highest BCUT2D eigenvalue weighted by atomic mass is 32.2. The lowest BCUT2D eigenvalue weighted by Gasteiger charge is -2.26. The number of nitriles is 1. The Morgan fingerprint density at radius 1 is 1.06 bits per heavy atom. The van der Waals surface area contributed by atoms with Gasteiger partial charge in [-0.15, -0.1) is 0 Å². The standard InChI is InChI=1S/C25H20N6O2S/c1-30-24-11-9-21(31(34(32)33)20-8-10-22-19(13-20)3-2-12-27-22)14-23(24)29-25(30)28-16-18-6-4-17(15-26)5-7-18/h2-14H,16H2,1H3,(H,28,29)(H,32,33)/p-1. The number of hydrogen-bond acceptors (Lipinski definition) is 6. The first-order chi connectivity index (χ1) is 16.5. The second-order valence-corrected chi connectivity index (χ2v) is 8.52. The van der Waals surface area contributed by atoms with Crippen molar-refractivity contribution >= 4 is 50.5 Å². The maximum atomic E-state index is 12.2. The van der Waals surface area contributed by atoms with Gasteiger partial charge in [-0.1, -0.05) is 18.2 Å². The number of benzene rings is 3. The monoisotopic (exact) mass is 467 g/mol. The molecule has 34 heavy (non-hydrogen) atoms. The Hall–Kier alpha value is -4.26. The van der Waals surface area contributed by atoms with Crippen LogP contribution >= 0.6 is 0 Å². The highest BCUT2D eigenvalue weighted by molar-refractivity contribution is 7.81. The van der Waals surface area contributed by atoms with Crippen molar-refractivity contribution in [3.05, 3.63) is 90.1 Å². The summed E-state index contributed by atoms with van der Waals surface area (Å²) in [7, 11) is 1.90. The van der Waals surface area contributed by atoms with Crippen molar-refractivity contribution in [2.24, 2.45) is 7.05 Å². The van der Waals surface area contributed by atoms with E-state index in [4.69, 9.17) is 5.26 Å². The molecule has 0 aliphatic heterocycles. The molecule has 0 fully saturated rings. The van der Waals surface area contributed by atoms with E-state index in [2.05, 4.69) is 21.4 Å². The molecule has 0 amide bonds. The van der Waals surface area contributed by atoms with E-state index in [1.807, 2.05) is 41.9 Å². The van der Waals surface area contributed by atoms with Crippen molar-refractivity contribution in [3.63, 3.8) is 0 Å². The second-order valence-electron chi connectivity index (χ2n) is 7.72. The fourth-order valence-corrected chi connectivity index (χ4v) is 4.43. The Balaban J connectivity index is 1.46. The fraction of sp³-hybridized carbons (Fsp3) is 0.0800. The van der Waals surface area contributed by atoms with Crippen molar-refractivity contribution in [3.8, 4) is 6.07 Å². The van der Waals surface area contributed by atoms with Crippen molar-refractivity contribution in [2.45, 2.75) is 6.54 Å². The second kappa shape index (κ2) is 8.94. The van der Waals surface area contributed by atoms with Crippen LogP contribution in [0.4, 0.5) is 17.3 Å². The first-order valence-corrected chi connectivity index (χ1v) is 11.5. The molecule has 5 aromatic rings. The lowest BCUT2D eigenvalue weighted by atomic mass is 10.1. The van der Waals surface area contributed by atoms with Crippen LogP contribution in [0.1, 0.15) is 11.1 Å². The van der Waals surface area contributed by atoms with E-state index < -0.39 is 11.3 Å². The predicted octanol–water partition coefficient (Wildman–Crippen LogP) is 4.54. The zero-order valence-electron chi connectivity index (χ0n) is 18.2. The van der Waals surface area contributed by atoms with Gasteiger partial charge in [-0.25, -0.2) is 4.98 Å². The van der Waals surface area contributed by atoms with E-state index in [1.54, 1.807) is 48.7 Å². The molecule has 1 atom stereocenters. The van der Waals surface area contributed by atoms with Gasteiger partial charge < -0.3 is 14.4 Å². The molecule has 1 N–H and O–H groups in total. The molecule has 168 valence electrons. The number of fused-ring (bicyclic) bond motifs is 2. The minimum Gasteiger partial charge on any atom is -0.755 e. The third-order valence-electron chi connectivity index (χ3n) is 5.60. The zero-order valence-corrected chi connectivity index (χ0v) is 19.0. The number of rotatable bonds is 6. The maximum absolute atomic E-state index is 12.2. The molecule has 8 nitrogen and oxygen atoms in total. The lowest BCUT2D eigenvalue weighted by Crippen LogP contribution is -2.19. The smallest absolute Gasteiger partial charge is 0.203 e. The molecular formula is C25H19N6O2S-. The van der Waals surface area contributed by atoms with E-state index in [0.29, 0.717) is 34.9 Å². The third kappa shape index (κ3) is 4.08. The van der Waals surface area contributed by atoms with Gasteiger partial charge in [0.15, 0.2) is 0 Å². The average Bonchev–Trinajstić information content (AvgIpc) is 3.17. The summed E-state index contributed by atoms with van der Waals surface area (Å²) in [6.07, 6.45) is 1.70. The quantitative estimate of drug-likeness (QED) is 0.367. The van der Waals surface area contributed by atoms with Gasteiger partial charge in [0.2, 0.25) is 5.95 Å². The molecule has 0 radical (unpaired) electrons. The number of imidazole rings is 1. The molecule has 0 saturated carbocycles. The molecule has 2 heterocycles. The number of aromatic nitrogens is 3. The molecule has 0 bridgehead atoms. The van der Waals surface area contributed by atoms with Gasteiger partial charge in [-0.05, 0) is 60.2 Å². The zero-order chi connectivity index (χ0) is 23.7. The first kappa shape index (κ1) is 21.6. The first-order valence-electron chi connectivity index (χ1n) is 10.5. The highest BCUT2D eigenvalue weighted by Gasteiger charge is 2.15. The van der Waals surface area contributed by atoms with Gasteiger partial charge in [0.05, 0.1) is 50.8 Å². The number of nitrogens with zero attached hydrogens (tertiary/aromatic N) is 5. The van der Waals surface area contributed by atoms with Crippen LogP contribution in [0.25, 0.3) is 21.9 Å². The summed E-state index contributed by atoms with van der Waals surface area (Å²) in [6, 6.07) is 23.9. The third-order valence-corrected chi connectivity index (χ3v) is 6.32. The van der Waals surface area contributed by atoms with Gasteiger partial charge in [0, 0.05) is 25.2 Å². The molecule has 3 aromatic carbocycles. The van der Waals surface area contributed by atoms with Crippen molar-refractivity contribution in [1.82, 2.24) is 14.5 Å². The molecule has 0 saturated heterocycles. The minimum atomic E-state index is -2.53. The maximum Gasteiger partial charge on any atom is 0.203 e. The van der Waals surface area contributed by atoms with Gasteiger partial charge in [0.25, 0.3) is 0 Å². The van der Waals surface area contributed by atoms with Crippen LogP contribution in [0, 0.1) is 11.3 Å². The largest absolute Gasteiger partial charge is 0.755 e. The van der Waals surface area contributed by atoms with Gasteiger partial charge in [-0.2, -0.15) is 5.26 Å². The van der Waals surface area contributed by atoms with Gasteiger partial charge in [0.1, 0.15) is 0 Å². The van der Waals surface area contributed by atoms with Crippen molar-refractivity contribution in [1.29, 1.82) is 5.26 Å². The average molecular weight is 468 g/mol. The summed E-state index contributed by atoms with van der Waals surface area (Å²) in [4.78, 5) is 8.96.